The Bertz CT molecular complexity index is 508. The van der Waals surface area contributed by atoms with Gasteiger partial charge in [-0.15, -0.1) is 0 Å². The Labute approximate surface area is 109 Å². The van der Waals surface area contributed by atoms with E-state index in [9.17, 15) is 4.39 Å². The summed E-state index contributed by atoms with van der Waals surface area (Å²) in [7, 11) is 0. The summed E-state index contributed by atoms with van der Waals surface area (Å²) in [5.74, 6) is -0.236. The lowest BCUT2D eigenvalue weighted by Gasteiger charge is -2.08. The van der Waals surface area contributed by atoms with E-state index in [-0.39, 0.29) is 5.82 Å². The van der Waals surface area contributed by atoms with E-state index in [4.69, 9.17) is 0 Å². The highest BCUT2D eigenvalue weighted by Crippen LogP contribution is 2.20. The molecular weight excluding hydrogens is 281 g/mol. The molecule has 0 bridgehead atoms. The average Bonchev–Trinajstić information content (AvgIpc) is 2.32. The minimum atomic E-state index is -0.236. The van der Waals surface area contributed by atoms with Gasteiger partial charge in [-0.05, 0) is 30.7 Å². The highest BCUT2D eigenvalue weighted by Gasteiger charge is 2.02. The van der Waals surface area contributed by atoms with Gasteiger partial charge in [0, 0.05) is 11.0 Å². The summed E-state index contributed by atoms with van der Waals surface area (Å²) in [5, 5.41) is 3.08. The molecule has 88 valence electrons. The minimum Gasteiger partial charge on any atom is -0.379 e. The fraction of sp³-hybridized carbons (Fsp3) is 0.143. The summed E-state index contributed by atoms with van der Waals surface area (Å²) in [6.07, 6.45) is 0. The van der Waals surface area contributed by atoms with Gasteiger partial charge in [-0.1, -0.05) is 45.8 Å². The molecule has 0 spiro atoms. The predicted molar refractivity (Wildman–Crippen MR) is 72.6 cm³/mol. The van der Waals surface area contributed by atoms with E-state index in [2.05, 4.69) is 21.2 Å². The molecule has 0 aliphatic carbocycles. The molecule has 0 heterocycles. The Hall–Kier alpha value is -1.35. The lowest BCUT2D eigenvalue weighted by Crippen LogP contribution is -2.01. The van der Waals surface area contributed by atoms with Gasteiger partial charge in [0.1, 0.15) is 5.82 Å². The zero-order valence-electron chi connectivity index (χ0n) is 9.50. The van der Waals surface area contributed by atoms with Crippen molar-refractivity contribution in [2.75, 3.05) is 5.32 Å². The molecule has 0 radical (unpaired) electrons. The van der Waals surface area contributed by atoms with Crippen LogP contribution in [0.15, 0.2) is 46.9 Å². The maximum atomic E-state index is 13.5. The Kier molecular flexibility index (Phi) is 3.79. The number of halogens is 2. The van der Waals surface area contributed by atoms with E-state index in [1.54, 1.807) is 12.1 Å². The molecule has 3 heteroatoms. The standard InChI is InChI=1S/C14H13BrFN/c1-10-2-4-11(5-3-10)9-17-14-8-12(15)6-7-13(14)16/h2-8,17H,9H2,1H3. The molecule has 0 atom stereocenters. The third-order valence-corrected chi connectivity index (χ3v) is 3.03. The minimum absolute atomic E-state index is 0.236. The van der Waals surface area contributed by atoms with Crippen LogP contribution in [0.2, 0.25) is 0 Å². The molecule has 0 aliphatic rings. The fourth-order valence-electron chi connectivity index (χ4n) is 1.54. The van der Waals surface area contributed by atoms with E-state index in [1.807, 2.05) is 31.2 Å². The van der Waals surface area contributed by atoms with Crippen LogP contribution < -0.4 is 5.32 Å². The van der Waals surface area contributed by atoms with Crippen molar-refractivity contribution in [3.63, 3.8) is 0 Å². The van der Waals surface area contributed by atoms with Crippen LogP contribution in [0.4, 0.5) is 10.1 Å². The number of rotatable bonds is 3. The van der Waals surface area contributed by atoms with Crippen molar-refractivity contribution >= 4 is 21.6 Å². The number of nitrogens with one attached hydrogen (secondary N) is 1. The molecule has 17 heavy (non-hydrogen) atoms. The maximum absolute atomic E-state index is 13.5. The quantitative estimate of drug-likeness (QED) is 0.878. The van der Waals surface area contributed by atoms with Crippen LogP contribution in [0.25, 0.3) is 0 Å². The van der Waals surface area contributed by atoms with Crippen LogP contribution in [0.1, 0.15) is 11.1 Å². The number of hydrogen-bond acceptors (Lipinski definition) is 1. The Balaban J connectivity index is 2.07. The van der Waals surface area contributed by atoms with Crippen LogP contribution in [-0.2, 0) is 6.54 Å². The summed E-state index contributed by atoms with van der Waals surface area (Å²) in [6, 6.07) is 13.1. The van der Waals surface area contributed by atoms with Gasteiger partial charge in [0.05, 0.1) is 5.69 Å². The number of hydrogen-bond donors (Lipinski definition) is 1. The summed E-state index contributed by atoms with van der Waals surface area (Å²) in [4.78, 5) is 0. The molecule has 0 unspecified atom stereocenters. The van der Waals surface area contributed by atoms with Gasteiger partial charge in [0.25, 0.3) is 0 Å². The van der Waals surface area contributed by atoms with Gasteiger partial charge in [-0.25, -0.2) is 4.39 Å². The van der Waals surface area contributed by atoms with Crippen molar-refractivity contribution in [1.29, 1.82) is 0 Å². The lowest BCUT2D eigenvalue weighted by molar-refractivity contribution is 0.630. The summed E-state index contributed by atoms with van der Waals surface area (Å²) < 4.78 is 14.3. The van der Waals surface area contributed by atoms with Gasteiger partial charge in [0.15, 0.2) is 0 Å². The molecule has 0 amide bonds. The maximum Gasteiger partial charge on any atom is 0.146 e. The first kappa shape index (κ1) is 12.1. The van der Waals surface area contributed by atoms with Gasteiger partial charge in [0.2, 0.25) is 0 Å². The second-order valence-electron chi connectivity index (χ2n) is 3.96. The smallest absolute Gasteiger partial charge is 0.146 e. The van der Waals surface area contributed by atoms with Crippen LogP contribution >= 0.6 is 15.9 Å². The molecular formula is C14H13BrFN. The zero-order chi connectivity index (χ0) is 12.3. The molecule has 0 saturated carbocycles. The molecule has 1 nitrogen and oxygen atoms in total. The third kappa shape index (κ3) is 3.30. The topological polar surface area (TPSA) is 12.0 Å². The van der Waals surface area contributed by atoms with Crippen LogP contribution in [0.3, 0.4) is 0 Å². The van der Waals surface area contributed by atoms with Crippen LogP contribution in [0.5, 0.6) is 0 Å². The van der Waals surface area contributed by atoms with Crippen molar-refractivity contribution in [3.8, 4) is 0 Å². The summed E-state index contributed by atoms with van der Waals surface area (Å²) >= 11 is 3.33. The second kappa shape index (κ2) is 5.32. The predicted octanol–water partition coefficient (Wildman–Crippen LogP) is 4.51. The number of anilines is 1. The van der Waals surface area contributed by atoms with E-state index < -0.39 is 0 Å². The Morgan fingerprint density at radius 3 is 2.53 bits per heavy atom. The van der Waals surface area contributed by atoms with Gasteiger partial charge in [-0.3, -0.25) is 0 Å². The van der Waals surface area contributed by atoms with E-state index in [0.29, 0.717) is 12.2 Å². The first-order valence-electron chi connectivity index (χ1n) is 5.39. The largest absolute Gasteiger partial charge is 0.379 e. The first-order chi connectivity index (χ1) is 8.15. The number of aryl methyl sites for hydroxylation is 1. The average molecular weight is 294 g/mol. The first-order valence-corrected chi connectivity index (χ1v) is 6.19. The van der Waals surface area contributed by atoms with Crippen molar-refractivity contribution in [2.24, 2.45) is 0 Å². The molecule has 0 aliphatic heterocycles. The SMILES string of the molecule is Cc1ccc(CNc2cc(Br)ccc2F)cc1. The normalized spacial score (nSPS) is 10.3. The zero-order valence-corrected chi connectivity index (χ0v) is 11.1. The van der Waals surface area contributed by atoms with Crippen molar-refractivity contribution in [2.45, 2.75) is 13.5 Å². The monoisotopic (exact) mass is 293 g/mol. The Morgan fingerprint density at radius 1 is 1.12 bits per heavy atom. The molecule has 2 rings (SSSR count). The Morgan fingerprint density at radius 2 is 1.82 bits per heavy atom. The molecule has 0 saturated heterocycles. The highest BCUT2D eigenvalue weighted by molar-refractivity contribution is 9.10. The van der Waals surface area contributed by atoms with Crippen LogP contribution in [-0.4, -0.2) is 0 Å². The van der Waals surface area contributed by atoms with E-state index >= 15 is 0 Å². The molecule has 0 fully saturated rings. The molecule has 2 aromatic carbocycles. The van der Waals surface area contributed by atoms with Crippen molar-refractivity contribution in [3.05, 3.63) is 63.9 Å². The second-order valence-corrected chi connectivity index (χ2v) is 4.88. The summed E-state index contributed by atoms with van der Waals surface area (Å²) in [6.45, 7) is 2.67. The van der Waals surface area contributed by atoms with Gasteiger partial charge in [-0.2, -0.15) is 0 Å². The van der Waals surface area contributed by atoms with Gasteiger partial charge >= 0.3 is 0 Å². The fourth-order valence-corrected chi connectivity index (χ4v) is 1.90. The third-order valence-electron chi connectivity index (χ3n) is 2.53. The number of benzene rings is 2. The molecule has 0 aromatic heterocycles. The van der Waals surface area contributed by atoms with E-state index in [1.165, 1.54) is 11.6 Å². The molecule has 1 N–H and O–H groups in total. The highest BCUT2D eigenvalue weighted by atomic mass is 79.9. The van der Waals surface area contributed by atoms with Gasteiger partial charge < -0.3 is 5.32 Å². The molecule has 2 aromatic rings. The van der Waals surface area contributed by atoms with Crippen molar-refractivity contribution < 1.29 is 4.39 Å². The van der Waals surface area contributed by atoms with Crippen molar-refractivity contribution in [1.82, 2.24) is 0 Å². The van der Waals surface area contributed by atoms with Crippen LogP contribution in [0, 0.1) is 12.7 Å². The van der Waals surface area contributed by atoms with E-state index in [0.717, 1.165) is 10.0 Å². The summed E-state index contributed by atoms with van der Waals surface area (Å²) in [5.41, 5.74) is 2.87. The lowest BCUT2D eigenvalue weighted by atomic mass is 10.1.